The fourth-order valence-electron chi connectivity index (χ4n) is 2.28. The van der Waals surface area contributed by atoms with Crippen molar-refractivity contribution >= 4 is 22.6 Å². The quantitative estimate of drug-likeness (QED) is 0.706. The van der Waals surface area contributed by atoms with Crippen LogP contribution in [0.2, 0.25) is 5.02 Å². The second-order valence-corrected chi connectivity index (χ2v) is 5.36. The number of hydrogen-bond donors (Lipinski definition) is 0. The Balaban J connectivity index is 2.18. The van der Waals surface area contributed by atoms with Crippen LogP contribution in [0, 0.1) is 0 Å². The number of aromatic nitrogens is 2. The lowest BCUT2D eigenvalue weighted by molar-refractivity contribution is 0.489. The van der Waals surface area contributed by atoms with E-state index in [1.54, 1.807) is 6.26 Å². The van der Waals surface area contributed by atoms with Crippen LogP contribution in [0.15, 0.2) is 41.0 Å². The number of imidazole rings is 1. The molecule has 0 aliphatic heterocycles. The predicted molar refractivity (Wildman–Crippen MR) is 76.6 cm³/mol. The summed E-state index contributed by atoms with van der Waals surface area (Å²) in [7, 11) is 0. The summed E-state index contributed by atoms with van der Waals surface area (Å²) in [6, 6.07) is 9.66. The van der Waals surface area contributed by atoms with Gasteiger partial charge in [0, 0.05) is 10.9 Å². The summed E-state index contributed by atoms with van der Waals surface area (Å²) < 4.78 is 7.61. The van der Waals surface area contributed by atoms with E-state index in [-0.39, 0.29) is 0 Å². The van der Waals surface area contributed by atoms with Crippen LogP contribution in [0.25, 0.3) is 11.0 Å². The highest BCUT2D eigenvalue weighted by molar-refractivity contribution is 6.31. The monoisotopic (exact) mass is 274 g/mol. The van der Waals surface area contributed by atoms with Crippen molar-refractivity contribution in [1.29, 1.82) is 0 Å². The molecule has 2 aromatic heterocycles. The van der Waals surface area contributed by atoms with Gasteiger partial charge in [-0.3, -0.25) is 0 Å². The van der Waals surface area contributed by atoms with Crippen LogP contribution in [-0.4, -0.2) is 9.55 Å². The van der Waals surface area contributed by atoms with Gasteiger partial charge < -0.3 is 8.98 Å². The summed E-state index contributed by atoms with van der Waals surface area (Å²) in [6.07, 6.45) is 1.69. The molecule has 0 spiro atoms. The van der Waals surface area contributed by atoms with E-state index in [0.29, 0.717) is 12.5 Å². The molecule has 2 heterocycles. The smallest absolute Gasteiger partial charge is 0.123 e. The number of benzene rings is 1. The van der Waals surface area contributed by atoms with E-state index in [1.807, 2.05) is 30.3 Å². The van der Waals surface area contributed by atoms with Crippen LogP contribution in [0.4, 0.5) is 0 Å². The topological polar surface area (TPSA) is 31.0 Å². The molecule has 0 aliphatic carbocycles. The van der Waals surface area contributed by atoms with Crippen LogP contribution >= 0.6 is 11.6 Å². The maximum atomic E-state index is 6.10. The molecule has 0 saturated carbocycles. The fourth-order valence-corrected chi connectivity index (χ4v) is 2.45. The summed E-state index contributed by atoms with van der Waals surface area (Å²) in [5, 5.41) is 0.725. The van der Waals surface area contributed by atoms with E-state index in [1.165, 1.54) is 0 Å². The molecule has 4 heteroatoms. The van der Waals surface area contributed by atoms with Crippen LogP contribution in [0.3, 0.4) is 0 Å². The highest BCUT2D eigenvalue weighted by Gasteiger charge is 2.15. The SMILES string of the molecule is CC(C)c1nc2ccc(Cl)cc2n1Cc1ccco1. The number of hydrogen-bond acceptors (Lipinski definition) is 2. The Labute approximate surface area is 116 Å². The van der Waals surface area contributed by atoms with Crippen molar-refractivity contribution in [3.63, 3.8) is 0 Å². The van der Waals surface area contributed by atoms with E-state index in [9.17, 15) is 0 Å². The van der Waals surface area contributed by atoms with Gasteiger partial charge in [0.1, 0.15) is 11.6 Å². The van der Waals surface area contributed by atoms with Crippen molar-refractivity contribution in [1.82, 2.24) is 9.55 Å². The number of rotatable bonds is 3. The molecule has 0 aliphatic rings. The molecule has 0 fully saturated rings. The number of fused-ring (bicyclic) bond motifs is 1. The molecule has 0 radical (unpaired) electrons. The molecule has 0 saturated heterocycles. The lowest BCUT2D eigenvalue weighted by atomic mass is 10.2. The zero-order valence-electron chi connectivity index (χ0n) is 10.9. The van der Waals surface area contributed by atoms with Gasteiger partial charge in [-0.15, -0.1) is 0 Å². The molecule has 3 aromatic rings. The Morgan fingerprint density at radius 2 is 2.16 bits per heavy atom. The minimum atomic E-state index is 0.348. The molecule has 3 rings (SSSR count). The Kier molecular flexibility index (Phi) is 3.07. The highest BCUT2D eigenvalue weighted by Crippen LogP contribution is 2.25. The molecular formula is C15H15ClN2O. The molecule has 0 atom stereocenters. The van der Waals surface area contributed by atoms with Crippen LogP contribution in [0.1, 0.15) is 31.4 Å². The maximum Gasteiger partial charge on any atom is 0.123 e. The van der Waals surface area contributed by atoms with Crippen molar-refractivity contribution in [3.8, 4) is 0 Å². The Morgan fingerprint density at radius 1 is 1.32 bits per heavy atom. The Bertz CT molecular complexity index is 698. The first kappa shape index (κ1) is 12.3. The summed E-state index contributed by atoms with van der Waals surface area (Å²) >= 11 is 6.10. The lowest BCUT2D eigenvalue weighted by Crippen LogP contribution is -2.06. The molecule has 0 N–H and O–H groups in total. The van der Waals surface area contributed by atoms with Gasteiger partial charge >= 0.3 is 0 Å². The average Bonchev–Trinajstić information content (AvgIpc) is 2.98. The first-order valence-corrected chi connectivity index (χ1v) is 6.71. The third-order valence-electron chi connectivity index (χ3n) is 3.15. The fraction of sp³-hybridized carbons (Fsp3) is 0.267. The zero-order chi connectivity index (χ0) is 13.4. The van der Waals surface area contributed by atoms with Crippen molar-refractivity contribution < 1.29 is 4.42 Å². The summed E-state index contributed by atoms with van der Waals surface area (Å²) in [6.45, 7) is 4.96. The highest BCUT2D eigenvalue weighted by atomic mass is 35.5. The second-order valence-electron chi connectivity index (χ2n) is 4.92. The third-order valence-corrected chi connectivity index (χ3v) is 3.39. The first-order valence-electron chi connectivity index (χ1n) is 6.33. The standard InChI is InChI=1S/C15H15ClN2O/c1-10(2)15-17-13-6-5-11(16)8-14(13)18(15)9-12-4-3-7-19-12/h3-8,10H,9H2,1-2H3. The molecule has 1 aromatic carbocycles. The van der Waals surface area contributed by atoms with Crippen LogP contribution < -0.4 is 0 Å². The van der Waals surface area contributed by atoms with Crippen LogP contribution in [-0.2, 0) is 6.54 Å². The molecule has 3 nitrogen and oxygen atoms in total. The maximum absolute atomic E-state index is 6.10. The molecule has 98 valence electrons. The van der Waals surface area contributed by atoms with Crippen molar-refractivity contribution in [2.45, 2.75) is 26.3 Å². The molecule has 0 bridgehead atoms. The first-order chi connectivity index (χ1) is 9.15. The van der Waals surface area contributed by atoms with Gasteiger partial charge in [-0.05, 0) is 30.3 Å². The third kappa shape index (κ3) is 2.26. The van der Waals surface area contributed by atoms with Gasteiger partial charge in [0.25, 0.3) is 0 Å². The molecule has 19 heavy (non-hydrogen) atoms. The molecule has 0 amide bonds. The number of halogens is 1. The van der Waals surface area contributed by atoms with E-state index in [2.05, 4.69) is 18.4 Å². The molecular weight excluding hydrogens is 260 g/mol. The van der Waals surface area contributed by atoms with Gasteiger partial charge in [-0.1, -0.05) is 25.4 Å². The van der Waals surface area contributed by atoms with Gasteiger partial charge in [0.2, 0.25) is 0 Å². The number of furan rings is 1. The minimum Gasteiger partial charge on any atom is -0.467 e. The van der Waals surface area contributed by atoms with E-state index in [0.717, 1.165) is 27.6 Å². The Morgan fingerprint density at radius 3 is 2.84 bits per heavy atom. The predicted octanol–water partition coefficient (Wildman–Crippen LogP) is 4.45. The van der Waals surface area contributed by atoms with Crippen molar-refractivity contribution in [3.05, 3.63) is 53.2 Å². The van der Waals surface area contributed by atoms with E-state index >= 15 is 0 Å². The van der Waals surface area contributed by atoms with Gasteiger partial charge in [0.15, 0.2) is 0 Å². The van der Waals surface area contributed by atoms with E-state index < -0.39 is 0 Å². The van der Waals surface area contributed by atoms with Crippen molar-refractivity contribution in [2.24, 2.45) is 0 Å². The van der Waals surface area contributed by atoms with Gasteiger partial charge in [0.05, 0.1) is 23.8 Å². The summed E-state index contributed by atoms with van der Waals surface area (Å²) in [5.41, 5.74) is 2.02. The summed E-state index contributed by atoms with van der Waals surface area (Å²) in [5.74, 6) is 2.32. The minimum absolute atomic E-state index is 0.348. The summed E-state index contributed by atoms with van der Waals surface area (Å²) in [4.78, 5) is 4.70. The van der Waals surface area contributed by atoms with Crippen LogP contribution in [0.5, 0.6) is 0 Å². The average molecular weight is 275 g/mol. The van der Waals surface area contributed by atoms with Gasteiger partial charge in [-0.25, -0.2) is 4.98 Å². The zero-order valence-corrected chi connectivity index (χ0v) is 11.7. The lowest BCUT2D eigenvalue weighted by Gasteiger charge is -2.09. The molecule has 0 unspecified atom stereocenters. The number of nitrogens with zero attached hydrogens (tertiary/aromatic N) is 2. The normalized spacial score (nSPS) is 11.6. The van der Waals surface area contributed by atoms with Crippen molar-refractivity contribution in [2.75, 3.05) is 0 Å². The Hall–Kier alpha value is -1.74. The van der Waals surface area contributed by atoms with E-state index in [4.69, 9.17) is 21.0 Å². The second kappa shape index (κ2) is 4.74. The largest absolute Gasteiger partial charge is 0.467 e. The van der Waals surface area contributed by atoms with Gasteiger partial charge in [-0.2, -0.15) is 0 Å².